The zero-order valence-electron chi connectivity index (χ0n) is 10.3. The lowest BCUT2D eigenvalue weighted by molar-refractivity contribution is 0.682. The van der Waals surface area contributed by atoms with Crippen molar-refractivity contribution in [1.82, 2.24) is 14.5 Å². The number of aromatic nitrogens is 3. The second-order valence-corrected chi connectivity index (χ2v) is 4.31. The van der Waals surface area contributed by atoms with Crippen LogP contribution in [0.4, 0.5) is 5.95 Å². The number of hydrogen-bond donors (Lipinski definition) is 1. The average molecular weight is 230 g/mol. The van der Waals surface area contributed by atoms with Gasteiger partial charge in [-0.1, -0.05) is 6.07 Å². The van der Waals surface area contributed by atoms with E-state index in [1.54, 1.807) is 0 Å². The van der Waals surface area contributed by atoms with E-state index in [1.807, 2.05) is 36.8 Å². The maximum absolute atomic E-state index is 4.31. The van der Waals surface area contributed by atoms with Gasteiger partial charge in [-0.3, -0.25) is 4.98 Å². The first-order valence-corrected chi connectivity index (χ1v) is 5.93. The minimum atomic E-state index is 0.394. The number of hydrogen-bond acceptors (Lipinski definition) is 3. The van der Waals surface area contributed by atoms with Crippen LogP contribution < -0.4 is 5.32 Å². The van der Waals surface area contributed by atoms with E-state index in [0.717, 1.165) is 24.6 Å². The molecular weight excluding hydrogens is 212 g/mol. The molecule has 0 spiro atoms. The molecule has 90 valence electrons. The minimum absolute atomic E-state index is 0.394. The average Bonchev–Trinajstić information content (AvgIpc) is 2.74. The molecule has 0 saturated heterocycles. The third-order valence-corrected chi connectivity index (χ3v) is 2.47. The summed E-state index contributed by atoms with van der Waals surface area (Å²) in [7, 11) is 0. The molecule has 0 amide bonds. The Bertz CT molecular complexity index is 447. The highest BCUT2D eigenvalue weighted by Gasteiger charge is 2.03. The quantitative estimate of drug-likeness (QED) is 0.857. The van der Waals surface area contributed by atoms with E-state index < -0.39 is 0 Å². The van der Waals surface area contributed by atoms with Crippen LogP contribution in [-0.2, 0) is 13.0 Å². The lowest BCUT2D eigenvalue weighted by Crippen LogP contribution is -2.15. The van der Waals surface area contributed by atoms with Gasteiger partial charge in [0.15, 0.2) is 0 Å². The van der Waals surface area contributed by atoms with Gasteiger partial charge in [-0.2, -0.15) is 0 Å². The highest BCUT2D eigenvalue weighted by Crippen LogP contribution is 2.07. The lowest BCUT2D eigenvalue weighted by Gasteiger charge is -2.11. The standard InChI is InChI=1S/C13H18N4/c1-11(2)16-13-15-8-10-17(13)9-6-12-5-3-4-7-14-12/h3-5,7-8,10-11H,6,9H2,1-2H3,(H,15,16). The van der Waals surface area contributed by atoms with E-state index in [2.05, 4.69) is 33.7 Å². The van der Waals surface area contributed by atoms with Crippen LogP contribution in [0.1, 0.15) is 19.5 Å². The predicted molar refractivity (Wildman–Crippen MR) is 68.9 cm³/mol. The predicted octanol–water partition coefficient (Wildman–Crippen LogP) is 2.34. The van der Waals surface area contributed by atoms with E-state index >= 15 is 0 Å². The molecule has 0 aliphatic carbocycles. The van der Waals surface area contributed by atoms with Gasteiger partial charge < -0.3 is 9.88 Å². The third kappa shape index (κ3) is 3.31. The van der Waals surface area contributed by atoms with Crippen LogP contribution >= 0.6 is 0 Å². The first-order valence-electron chi connectivity index (χ1n) is 5.93. The molecule has 0 bridgehead atoms. The van der Waals surface area contributed by atoms with Gasteiger partial charge in [0.1, 0.15) is 0 Å². The molecule has 0 aliphatic heterocycles. The number of nitrogens with zero attached hydrogens (tertiary/aromatic N) is 3. The van der Waals surface area contributed by atoms with E-state index in [-0.39, 0.29) is 0 Å². The van der Waals surface area contributed by atoms with Crippen molar-refractivity contribution in [3.05, 3.63) is 42.5 Å². The molecule has 0 aliphatic rings. The molecule has 4 nitrogen and oxygen atoms in total. The fourth-order valence-electron chi connectivity index (χ4n) is 1.67. The van der Waals surface area contributed by atoms with Crippen LogP contribution in [0.2, 0.25) is 0 Å². The van der Waals surface area contributed by atoms with Crippen molar-refractivity contribution in [2.45, 2.75) is 32.9 Å². The topological polar surface area (TPSA) is 42.7 Å². The highest BCUT2D eigenvalue weighted by molar-refractivity contribution is 5.26. The molecular formula is C13H18N4. The monoisotopic (exact) mass is 230 g/mol. The maximum Gasteiger partial charge on any atom is 0.202 e. The first kappa shape index (κ1) is 11.6. The molecule has 1 N–H and O–H groups in total. The van der Waals surface area contributed by atoms with Crippen LogP contribution in [0, 0.1) is 0 Å². The number of aryl methyl sites for hydroxylation is 2. The molecule has 0 atom stereocenters. The summed E-state index contributed by atoms with van der Waals surface area (Å²) in [5.41, 5.74) is 1.11. The number of pyridine rings is 1. The molecule has 0 unspecified atom stereocenters. The Morgan fingerprint density at radius 1 is 1.24 bits per heavy atom. The van der Waals surface area contributed by atoms with Crippen molar-refractivity contribution in [3.8, 4) is 0 Å². The van der Waals surface area contributed by atoms with Gasteiger partial charge in [-0.25, -0.2) is 4.98 Å². The Labute approximate surface area is 102 Å². The molecule has 2 aromatic heterocycles. The summed E-state index contributed by atoms with van der Waals surface area (Å²) in [6.45, 7) is 5.11. The Hall–Kier alpha value is -1.84. The van der Waals surface area contributed by atoms with Gasteiger partial charge in [0.2, 0.25) is 5.95 Å². The summed E-state index contributed by atoms with van der Waals surface area (Å²) < 4.78 is 2.12. The van der Waals surface area contributed by atoms with Crippen LogP contribution in [-0.4, -0.2) is 20.6 Å². The van der Waals surface area contributed by atoms with Gasteiger partial charge in [-0.15, -0.1) is 0 Å². The molecule has 2 heterocycles. The second kappa shape index (κ2) is 5.48. The van der Waals surface area contributed by atoms with Crippen LogP contribution in [0.25, 0.3) is 0 Å². The van der Waals surface area contributed by atoms with Crippen molar-refractivity contribution >= 4 is 5.95 Å². The zero-order chi connectivity index (χ0) is 12.1. The summed E-state index contributed by atoms with van der Waals surface area (Å²) in [5, 5.41) is 3.32. The third-order valence-electron chi connectivity index (χ3n) is 2.47. The Balaban J connectivity index is 1.97. The Morgan fingerprint density at radius 2 is 2.12 bits per heavy atom. The SMILES string of the molecule is CC(C)Nc1nccn1CCc1ccccn1. The smallest absolute Gasteiger partial charge is 0.202 e. The lowest BCUT2D eigenvalue weighted by atomic mass is 10.3. The maximum atomic E-state index is 4.31. The van der Waals surface area contributed by atoms with Crippen molar-refractivity contribution < 1.29 is 0 Å². The molecule has 0 saturated carbocycles. The van der Waals surface area contributed by atoms with Crippen molar-refractivity contribution in [3.63, 3.8) is 0 Å². The molecule has 0 fully saturated rings. The number of anilines is 1. The van der Waals surface area contributed by atoms with E-state index in [9.17, 15) is 0 Å². The number of imidazole rings is 1. The van der Waals surface area contributed by atoms with E-state index in [0.29, 0.717) is 6.04 Å². The summed E-state index contributed by atoms with van der Waals surface area (Å²) in [6, 6.07) is 6.40. The summed E-state index contributed by atoms with van der Waals surface area (Å²) >= 11 is 0. The summed E-state index contributed by atoms with van der Waals surface area (Å²) in [4.78, 5) is 8.61. The van der Waals surface area contributed by atoms with Crippen LogP contribution in [0.15, 0.2) is 36.8 Å². The van der Waals surface area contributed by atoms with Gasteiger partial charge in [0, 0.05) is 43.3 Å². The minimum Gasteiger partial charge on any atom is -0.353 e. The second-order valence-electron chi connectivity index (χ2n) is 4.31. The molecule has 0 aromatic carbocycles. The fraction of sp³-hybridized carbons (Fsp3) is 0.385. The summed E-state index contributed by atoms with van der Waals surface area (Å²) in [5.74, 6) is 0.927. The van der Waals surface area contributed by atoms with Gasteiger partial charge in [0.05, 0.1) is 0 Å². The molecule has 4 heteroatoms. The van der Waals surface area contributed by atoms with Gasteiger partial charge in [0.25, 0.3) is 0 Å². The van der Waals surface area contributed by atoms with E-state index in [4.69, 9.17) is 0 Å². The summed E-state index contributed by atoms with van der Waals surface area (Å²) in [6.07, 6.45) is 6.57. The molecule has 17 heavy (non-hydrogen) atoms. The normalized spacial score (nSPS) is 10.8. The zero-order valence-corrected chi connectivity index (χ0v) is 10.3. The first-order chi connectivity index (χ1) is 8.25. The Kier molecular flexibility index (Phi) is 3.75. The van der Waals surface area contributed by atoms with E-state index in [1.165, 1.54) is 0 Å². The van der Waals surface area contributed by atoms with Crippen molar-refractivity contribution in [1.29, 1.82) is 0 Å². The molecule has 2 aromatic rings. The fourth-order valence-corrected chi connectivity index (χ4v) is 1.67. The largest absolute Gasteiger partial charge is 0.353 e. The van der Waals surface area contributed by atoms with Crippen molar-refractivity contribution in [2.75, 3.05) is 5.32 Å². The van der Waals surface area contributed by atoms with Crippen LogP contribution in [0.3, 0.4) is 0 Å². The number of rotatable bonds is 5. The number of nitrogens with one attached hydrogen (secondary N) is 1. The molecule has 0 radical (unpaired) electrons. The highest BCUT2D eigenvalue weighted by atomic mass is 15.2. The van der Waals surface area contributed by atoms with Gasteiger partial charge in [-0.05, 0) is 26.0 Å². The molecule has 2 rings (SSSR count). The van der Waals surface area contributed by atoms with Crippen molar-refractivity contribution in [2.24, 2.45) is 0 Å². The van der Waals surface area contributed by atoms with Gasteiger partial charge >= 0.3 is 0 Å². The Morgan fingerprint density at radius 3 is 2.82 bits per heavy atom. The van der Waals surface area contributed by atoms with Crippen LogP contribution in [0.5, 0.6) is 0 Å².